The number of nitrogens with one attached hydrogen (secondary N) is 2. The van der Waals surface area contributed by atoms with E-state index in [-0.39, 0.29) is 6.04 Å². The van der Waals surface area contributed by atoms with E-state index in [1.807, 2.05) is 30.3 Å². The van der Waals surface area contributed by atoms with Gasteiger partial charge in [-0.15, -0.1) is 0 Å². The van der Waals surface area contributed by atoms with E-state index < -0.39 is 12.0 Å². The summed E-state index contributed by atoms with van der Waals surface area (Å²) in [5.74, 6) is -0.782. The molecule has 0 bridgehead atoms. The molecule has 0 amide bonds. The molecule has 2 heterocycles. The van der Waals surface area contributed by atoms with E-state index in [1.54, 1.807) is 0 Å². The van der Waals surface area contributed by atoms with Crippen molar-refractivity contribution in [3.63, 3.8) is 0 Å². The number of rotatable bonds is 4. The van der Waals surface area contributed by atoms with Gasteiger partial charge in [-0.1, -0.05) is 48.5 Å². The number of fused-ring (bicyclic) bond motifs is 3. The van der Waals surface area contributed by atoms with Gasteiger partial charge in [0.25, 0.3) is 0 Å². The number of aromatic amines is 1. The number of aromatic nitrogens is 1. The zero-order valence-electron chi connectivity index (χ0n) is 13.3. The molecule has 4 rings (SSSR count). The Morgan fingerprint density at radius 3 is 2.62 bits per heavy atom. The minimum Gasteiger partial charge on any atom is -0.480 e. The van der Waals surface area contributed by atoms with E-state index in [9.17, 15) is 9.90 Å². The minimum atomic E-state index is -0.782. The van der Waals surface area contributed by atoms with Gasteiger partial charge in [0.15, 0.2) is 0 Å². The fraction of sp³-hybridized carbons (Fsp3) is 0.250. The molecule has 3 N–H and O–H groups in total. The Labute approximate surface area is 140 Å². The Morgan fingerprint density at radius 1 is 1.08 bits per heavy atom. The maximum absolute atomic E-state index is 11.6. The number of hydrogen-bond donors (Lipinski definition) is 3. The van der Waals surface area contributed by atoms with Crippen LogP contribution in [0, 0.1) is 0 Å². The zero-order chi connectivity index (χ0) is 16.5. The molecule has 2 unspecified atom stereocenters. The SMILES string of the molecule is O=C(O)C1Cc2c([nH]c3ccccc23)C(CCc2ccccc2)N1. The average Bonchev–Trinajstić information content (AvgIpc) is 2.99. The van der Waals surface area contributed by atoms with Crippen molar-refractivity contribution in [2.24, 2.45) is 0 Å². The second-order valence-corrected chi connectivity index (χ2v) is 6.40. The third-order valence-corrected chi connectivity index (χ3v) is 4.87. The highest BCUT2D eigenvalue weighted by Gasteiger charge is 2.32. The predicted molar refractivity (Wildman–Crippen MR) is 94.1 cm³/mol. The van der Waals surface area contributed by atoms with Crippen molar-refractivity contribution in [2.75, 3.05) is 0 Å². The number of aryl methyl sites for hydroxylation is 1. The number of hydrogen-bond acceptors (Lipinski definition) is 2. The molecule has 122 valence electrons. The number of H-pyrrole nitrogens is 1. The van der Waals surface area contributed by atoms with Crippen LogP contribution in [0.4, 0.5) is 0 Å². The molecule has 0 fully saturated rings. The molecule has 24 heavy (non-hydrogen) atoms. The summed E-state index contributed by atoms with van der Waals surface area (Å²) in [5.41, 5.74) is 4.65. The fourth-order valence-corrected chi connectivity index (χ4v) is 3.67. The molecule has 1 aromatic heterocycles. The monoisotopic (exact) mass is 320 g/mol. The van der Waals surface area contributed by atoms with Crippen LogP contribution in [0.5, 0.6) is 0 Å². The van der Waals surface area contributed by atoms with Gasteiger partial charge in [0.05, 0.1) is 0 Å². The van der Waals surface area contributed by atoms with Crippen LogP contribution in [-0.4, -0.2) is 22.1 Å². The quantitative estimate of drug-likeness (QED) is 0.690. The van der Waals surface area contributed by atoms with Gasteiger partial charge in [0, 0.05) is 29.1 Å². The zero-order valence-corrected chi connectivity index (χ0v) is 13.3. The maximum Gasteiger partial charge on any atom is 0.321 e. The van der Waals surface area contributed by atoms with Gasteiger partial charge in [-0.2, -0.15) is 0 Å². The number of carboxylic acid groups (broad SMARTS) is 1. The van der Waals surface area contributed by atoms with Gasteiger partial charge in [0.2, 0.25) is 0 Å². The summed E-state index contributed by atoms with van der Waals surface area (Å²) in [7, 11) is 0. The third kappa shape index (κ3) is 2.69. The van der Waals surface area contributed by atoms with E-state index in [0.717, 1.165) is 35.0 Å². The summed E-state index contributed by atoms with van der Waals surface area (Å²) in [6, 6.07) is 18.0. The molecule has 4 heteroatoms. The van der Waals surface area contributed by atoms with E-state index >= 15 is 0 Å². The van der Waals surface area contributed by atoms with Crippen molar-refractivity contribution in [1.29, 1.82) is 0 Å². The largest absolute Gasteiger partial charge is 0.480 e. The van der Waals surface area contributed by atoms with Crippen LogP contribution < -0.4 is 5.32 Å². The number of benzene rings is 2. The molecule has 0 saturated heterocycles. The van der Waals surface area contributed by atoms with E-state index in [2.05, 4.69) is 34.6 Å². The van der Waals surface area contributed by atoms with Gasteiger partial charge >= 0.3 is 5.97 Å². The van der Waals surface area contributed by atoms with Crippen molar-refractivity contribution in [3.8, 4) is 0 Å². The highest BCUT2D eigenvalue weighted by molar-refractivity contribution is 5.86. The molecular formula is C20H20N2O2. The molecule has 0 radical (unpaired) electrons. The summed E-state index contributed by atoms with van der Waals surface area (Å²) in [6.45, 7) is 0. The summed E-state index contributed by atoms with van der Waals surface area (Å²) in [5, 5.41) is 14.0. The molecule has 0 saturated carbocycles. The van der Waals surface area contributed by atoms with Crippen molar-refractivity contribution < 1.29 is 9.90 Å². The maximum atomic E-state index is 11.6. The Bertz CT molecular complexity index is 870. The molecule has 3 aromatic rings. The standard InChI is InChI=1S/C20H20N2O2/c23-20(24)18-12-15-14-8-4-5-9-16(14)22-19(15)17(21-18)11-10-13-6-2-1-3-7-13/h1-9,17-18,21-22H,10-12H2,(H,23,24). The van der Waals surface area contributed by atoms with Gasteiger partial charge in [-0.3, -0.25) is 10.1 Å². The lowest BCUT2D eigenvalue weighted by atomic mass is 9.91. The first-order valence-electron chi connectivity index (χ1n) is 8.34. The first-order chi connectivity index (χ1) is 11.7. The highest BCUT2D eigenvalue weighted by Crippen LogP contribution is 2.33. The minimum absolute atomic E-state index is 0.0301. The molecule has 0 spiro atoms. The summed E-state index contributed by atoms with van der Waals surface area (Å²) >= 11 is 0. The Balaban J connectivity index is 1.67. The smallest absolute Gasteiger partial charge is 0.321 e. The third-order valence-electron chi connectivity index (χ3n) is 4.87. The van der Waals surface area contributed by atoms with Crippen LogP contribution >= 0.6 is 0 Å². The molecule has 1 aliphatic rings. The Kier molecular flexibility index (Phi) is 3.82. The van der Waals surface area contributed by atoms with Gasteiger partial charge in [-0.25, -0.2) is 0 Å². The fourth-order valence-electron chi connectivity index (χ4n) is 3.67. The van der Waals surface area contributed by atoms with Gasteiger partial charge in [0.1, 0.15) is 6.04 Å². The Hall–Kier alpha value is -2.59. The molecule has 2 aromatic carbocycles. The van der Waals surface area contributed by atoms with Crippen LogP contribution in [-0.2, 0) is 17.6 Å². The number of para-hydroxylation sites is 1. The van der Waals surface area contributed by atoms with Crippen molar-refractivity contribution in [3.05, 3.63) is 71.4 Å². The Morgan fingerprint density at radius 2 is 1.83 bits per heavy atom. The second-order valence-electron chi connectivity index (χ2n) is 6.40. The summed E-state index contributed by atoms with van der Waals surface area (Å²) in [4.78, 5) is 15.1. The molecule has 4 nitrogen and oxygen atoms in total. The van der Waals surface area contributed by atoms with Crippen LogP contribution in [0.2, 0.25) is 0 Å². The number of carbonyl (C=O) groups is 1. The topological polar surface area (TPSA) is 65.1 Å². The van der Waals surface area contributed by atoms with Crippen LogP contribution in [0.25, 0.3) is 10.9 Å². The van der Waals surface area contributed by atoms with Crippen molar-refractivity contribution >= 4 is 16.9 Å². The van der Waals surface area contributed by atoms with Crippen LogP contribution in [0.1, 0.15) is 29.3 Å². The first kappa shape index (κ1) is 15.0. The lowest BCUT2D eigenvalue weighted by Crippen LogP contribution is -2.44. The van der Waals surface area contributed by atoms with E-state index in [1.165, 1.54) is 5.56 Å². The van der Waals surface area contributed by atoms with Crippen molar-refractivity contribution in [1.82, 2.24) is 10.3 Å². The van der Waals surface area contributed by atoms with E-state index in [0.29, 0.717) is 6.42 Å². The van der Waals surface area contributed by atoms with Crippen molar-refractivity contribution in [2.45, 2.75) is 31.3 Å². The average molecular weight is 320 g/mol. The highest BCUT2D eigenvalue weighted by atomic mass is 16.4. The first-order valence-corrected chi connectivity index (χ1v) is 8.34. The molecule has 2 atom stereocenters. The number of aliphatic carboxylic acids is 1. The number of carboxylic acids is 1. The van der Waals surface area contributed by atoms with Crippen LogP contribution in [0.15, 0.2) is 54.6 Å². The van der Waals surface area contributed by atoms with Crippen LogP contribution in [0.3, 0.4) is 0 Å². The lowest BCUT2D eigenvalue weighted by molar-refractivity contribution is -0.139. The predicted octanol–water partition coefficient (Wildman–Crippen LogP) is 3.44. The lowest BCUT2D eigenvalue weighted by Gasteiger charge is -2.29. The normalized spacial score (nSPS) is 20.0. The van der Waals surface area contributed by atoms with E-state index in [4.69, 9.17) is 0 Å². The molecular weight excluding hydrogens is 300 g/mol. The molecule has 1 aliphatic heterocycles. The second kappa shape index (κ2) is 6.13. The van der Waals surface area contributed by atoms with Gasteiger partial charge < -0.3 is 10.1 Å². The summed E-state index contributed by atoms with van der Waals surface area (Å²) in [6.07, 6.45) is 2.31. The van der Waals surface area contributed by atoms with Gasteiger partial charge in [-0.05, 0) is 30.0 Å². The molecule has 0 aliphatic carbocycles. The summed E-state index contributed by atoms with van der Waals surface area (Å²) < 4.78 is 0.